The molecule has 2 atom stereocenters. The maximum Gasteiger partial charge on any atom is 0.231 e. The van der Waals surface area contributed by atoms with Crippen molar-refractivity contribution in [3.63, 3.8) is 0 Å². The van der Waals surface area contributed by atoms with Crippen LogP contribution in [0.15, 0.2) is 12.1 Å². The van der Waals surface area contributed by atoms with Crippen LogP contribution in [0.1, 0.15) is 23.6 Å². The molecule has 2 aliphatic heterocycles. The van der Waals surface area contributed by atoms with E-state index >= 15 is 0 Å². The average molecular weight is 248 g/mol. The molecule has 0 aliphatic carbocycles. The van der Waals surface area contributed by atoms with Crippen LogP contribution in [0, 0.1) is 12.8 Å². The Morgan fingerprint density at radius 3 is 2.78 bits per heavy atom. The quantitative estimate of drug-likeness (QED) is 0.852. The minimum Gasteiger partial charge on any atom is -0.454 e. The second-order valence-corrected chi connectivity index (χ2v) is 5.08. The number of aryl methyl sites for hydroxylation is 1. The third-order valence-corrected chi connectivity index (χ3v) is 3.98. The van der Waals surface area contributed by atoms with Crippen LogP contribution in [0.25, 0.3) is 0 Å². The van der Waals surface area contributed by atoms with Gasteiger partial charge in [-0.3, -0.25) is 0 Å². The monoisotopic (exact) mass is 248 g/mol. The summed E-state index contributed by atoms with van der Waals surface area (Å²) in [5.74, 6) is 2.39. The third kappa shape index (κ3) is 1.95. The zero-order valence-corrected chi connectivity index (χ0v) is 11.0. The van der Waals surface area contributed by atoms with E-state index in [0.29, 0.717) is 18.8 Å². The Bertz CT molecular complexity index is 442. The first kappa shape index (κ1) is 11.8. The van der Waals surface area contributed by atoms with Gasteiger partial charge in [-0.2, -0.15) is 0 Å². The molecule has 1 fully saturated rings. The van der Waals surface area contributed by atoms with Crippen molar-refractivity contribution in [2.24, 2.45) is 5.92 Å². The van der Waals surface area contributed by atoms with E-state index in [0.717, 1.165) is 24.6 Å². The van der Waals surface area contributed by atoms with Gasteiger partial charge in [0.25, 0.3) is 0 Å². The fraction of sp³-hybridized carbons (Fsp3) is 0.571. The van der Waals surface area contributed by atoms with E-state index in [2.05, 4.69) is 29.7 Å². The van der Waals surface area contributed by atoms with E-state index in [1.54, 1.807) is 0 Å². The van der Waals surface area contributed by atoms with Crippen molar-refractivity contribution in [1.29, 1.82) is 0 Å². The minimum absolute atomic E-state index is 0.341. The molecule has 1 saturated heterocycles. The Kier molecular flexibility index (Phi) is 3.14. The zero-order chi connectivity index (χ0) is 12.5. The summed E-state index contributed by atoms with van der Waals surface area (Å²) in [4.78, 5) is 0. The lowest BCUT2D eigenvalue weighted by molar-refractivity contribution is 0.174. The van der Waals surface area contributed by atoms with E-state index in [1.807, 2.05) is 7.05 Å². The highest BCUT2D eigenvalue weighted by Crippen LogP contribution is 2.38. The standard InChI is InChI=1S/C14H20N2O2/c1-9-5-12-13(18-8-17-12)6-11(9)14(15-2)10-3-4-16-7-10/h5-6,10,14-16H,3-4,7-8H2,1-2H3. The summed E-state index contributed by atoms with van der Waals surface area (Å²) in [6.45, 7) is 4.68. The first-order chi connectivity index (χ1) is 8.79. The van der Waals surface area contributed by atoms with Gasteiger partial charge in [0.2, 0.25) is 6.79 Å². The number of benzene rings is 1. The largest absolute Gasteiger partial charge is 0.454 e. The van der Waals surface area contributed by atoms with Crippen molar-refractivity contribution in [2.45, 2.75) is 19.4 Å². The lowest BCUT2D eigenvalue weighted by atomic mass is 9.89. The van der Waals surface area contributed by atoms with Crippen LogP contribution in [-0.4, -0.2) is 26.9 Å². The average Bonchev–Trinajstić information content (AvgIpc) is 3.01. The molecule has 1 aromatic rings. The van der Waals surface area contributed by atoms with Crippen LogP contribution in [0.4, 0.5) is 0 Å². The molecule has 0 spiro atoms. The first-order valence-electron chi connectivity index (χ1n) is 6.57. The summed E-state index contributed by atoms with van der Waals surface area (Å²) < 4.78 is 10.9. The van der Waals surface area contributed by atoms with Crippen LogP contribution < -0.4 is 20.1 Å². The van der Waals surface area contributed by atoms with E-state index < -0.39 is 0 Å². The van der Waals surface area contributed by atoms with Gasteiger partial charge in [-0.1, -0.05) is 0 Å². The number of ether oxygens (including phenoxy) is 2. The van der Waals surface area contributed by atoms with Gasteiger partial charge in [0.1, 0.15) is 0 Å². The summed E-state index contributed by atoms with van der Waals surface area (Å²) in [6.07, 6.45) is 1.22. The lowest BCUT2D eigenvalue weighted by Crippen LogP contribution is -2.27. The summed E-state index contributed by atoms with van der Waals surface area (Å²) >= 11 is 0. The van der Waals surface area contributed by atoms with Crippen molar-refractivity contribution < 1.29 is 9.47 Å². The van der Waals surface area contributed by atoms with Gasteiger partial charge in [-0.25, -0.2) is 0 Å². The Morgan fingerprint density at radius 2 is 2.11 bits per heavy atom. The highest BCUT2D eigenvalue weighted by Gasteiger charge is 2.27. The molecule has 2 N–H and O–H groups in total. The van der Waals surface area contributed by atoms with Crippen molar-refractivity contribution in [3.05, 3.63) is 23.3 Å². The van der Waals surface area contributed by atoms with E-state index in [4.69, 9.17) is 9.47 Å². The van der Waals surface area contributed by atoms with Crippen molar-refractivity contribution >= 4 is 0 Å². The minimum atomic E-state index is 0.341. The van der Waals surface area contributed by atoms with Crippen LogP contribution >= 0.6 is 0 Å². The Hall–Kier alpha value is -1.26. The number of hydrogen-bond donors (Lipinski definition) is 2. The van der Waals surface area contributed by atoms with Gasteiger partial charge < -0.3 is 20.1 Å². The maximum absolute atomic E-state index is 5.49. The fourth-order valence-corrected chi connectivity index (χ4v) is 3.00. The highest BCUT2D eigenvalue weighted by atomic mass is 16.7. The van der Waals surface area contributed by atoms with Gasteiger partial charge in [0, 0.05) is 6.04 Å². The predicted molar refractivity (Wildman–Crippen MR) is 70.1 cm³/mol. The Balaban J connectivity index is 1.94. The zero-order valence-electron chi connectivity index (χ0n) is 11.0. The van der Waals surface area contributed by atoms with Crippen LogP contribution in [0.2, 0.25) is 0 Å². The molecule has 4 nitrogen and oxygen atoms in total. The number of hydrogen-bond acceptors (Lipinski definition) is 4. The van der Waals surface area contributed by atoms with E-state index in [-0.39, 0.29) is 0 Å². The predicted octanol–water partition coefficient (Wildman–Crippen LogP) is 1.59. The smallest absolute Gasteiger partial charge is 0.231 e. The topological polar surface area (TPSA) is 42.5 Å². The molecule has 0 aromatic heterocycles. The molecule has 4 heteroatoms. The van der Waals surface area contributed by atoms with Crippen molar-refractivity contribution in [3.8, 4) is 11.5 Å². The molecule has 2 unspecified atom stereocenters. The van der Waals surface area contributed by atoms with Crippen LogP contribution in [-0.2, 0) is 0 Å². The van der Waals surface area contributed by atoms with Crippen LogP contribution in [0.5, 0.6) is 11.5 Å². The molecule has 0 bridgehead atoms. The van der Waals surface area contributed by atoms with Crippen molar-refractivity contribution in [1.82, 2.24) is 10.6 Å². The molecule has 18 heavy (non-hydrogen) atoms. The summed E-state index contributed by atoms with van der Waals surface area (Å²) in [5.41, 5.74) is 2.60. The summed E-state index contributed by atoms with van der Waals surface area (Å²) in [7, 11) is 2.03. The van der Waals surface area contributed by atoms with Crippen molar-refractivity contribution in [2.75, 3.05) is 26.9 Å². The van der Waals surface area contributed by atoms with Gasteiger partial charge in [0.05, 0.1) is 0 Å². The molecular formula is C14H20N2O2. The van der Waals surface area contributed by atoms with Gasteiger partial charge >= 0.3 is 0 Å². The molecule has 0 amide bonds. The SMILES string of the molecule is CNC(c1cc2c(cc1C)OCO2)C1CCNC1. The number of fused-ring (bicyclic) bond motifs is 1. The molecule has 1 aromatic carbocycles. The third-order valence-electron chi connectivity index (χ3n) is 3.98. The van der Waals surface area contributed by atoms with Gasteiger partial charge in [-0.15, -0.1) is 0 Å². The maximum atomic E-state index is 5.49. The highest BCUT2D eigenvalue weighted by molar-refractivity contribution is 5.49. The lowest BCUT2D eigenvalue weighted by Gasteiger charge is -2.24. The van der Waals surface area contributed by atoms with E-state index in [1.165, 1.54) is 17.5 Å². The molecule has 98 valence electrons. The first-order valence-corrected chi connectivity index (χ1v) is 6.57. The normalized spacial score (nSPS) is 23.3. The second kappa shape index (κ2) is 4.78. The molecule has 0 radical (unpaired) electrons. The summed E-state index contributed by atoms with van der Waals surface area (Å²) in [6, 6.07) is 4.61. The summed E-state index contributed by atoms with van der Waals surface area (Å²) in [5, 5.41) is 6.89. The Morgan fingerprint density at radius 1 is 1.33 bits per heavy atom. The van der Waals surface area contributed by atoms with E-state index in [9.17, 15) is 0 Å². The van der Waals surface area contributed by atoms with Gasteiger partial charge in [0.15, 0.2) is 11.5 Å². The van der Waals surface area contributed by atoms with Gasteiger partial charge in [-0.05, 0) is 62.7 Å². The van der Waals surface area contributed by atoms with Crippen LogP contribution in [0.3, 0.4) is 0 Å². The number of nitrogens with one attached hydrogen (secondary N) is 2. The molecule has 2 heterocycles. The molecular weight excluding hydrogens is 228 g/mol. The fourth-order valence-electron chi connectivity index (χ4n) is 3.00. The molecule has 3 rings (SSSR count). The second-order valence-electron chi connectivity index (χ2n) is 5.08. The Labute approximate surface area is 108 Å². The number of rotatable bonds is 3. The molecule has 0 saturated carbocycles. The molecule has 2 aliphatic rings.